The molecule has 21 heavy (non-hydrogen) atoms. The summed E-state index contributed by atoms with van der Waals surface area (Å²) in [4.78, 5) is 4.53. The summed E-state index contributed by atoms with van der Waals surface area (Å²) < 4.78 is 27.4. The minimum Gasteiger partial charge on any atom is -0.315 e. The molecule has 1 aromatic rings. The van der Waals surface area contributed by atoms with Crippen LogP contribution in [0.5, 0.6) is 0 Å². The lowest BCUT2D eigenvalue weighted by Crippen LogP contribution is -2.35. The highest BCUT2D eigenvalue weighted by Gasteiger charge is 2.39. The van der Waals surface area contributed by atoms with Gasteiger partial charge in [-0.15, -0.1) is 11.3 Å². The van der Waals surface area contributed by atoms with E-state index < -0.39 is 10.0 Å². The van der Waals surface area contributed by atoms with Crippen molar-refractivity contribution < 1.29 is 8.42 Å². The lowest BCUT2D eigenvalue weighted by Gasteiger charge is -2.22. The van der Waals surface area contributed by atoms with Gasteiger partial charge in [-0.1, -0.05) is 6.92 Å². The first-order valence-electron chi connectivity index (χ1n) is 7.17. The smallest absolute Gasteiger partial charge is 0.244 e. The van der Waals surface area contributed by atoms with Gasteiger partial charge in [-0.25, -0.2) is 8.42 Å². The summed E-state index contributed by atoms with van der Waals surface area (Å²) in [5.74, 6) is 0.352. The maximum Gasteiger partial charge on any atom is 0.244 e. The molecule has 0 spiro atoms. The molecule has 1 N–H and O–H groups in total. The largest absolute Gasteiger partial charge is 0.315 e. The van der Waals surface area contributed by atoms with Crippen molar-refractivity contribution in [2.75, 3.05) is 34.2 Å². The first-order chi connectivity index (χ1) is 9.77. The Labute approximate surface area is 132 Å². The summed E-state index contributed by atoms with van der Waals surface area (Å²) in [5, 5.41) is 3.07. The molecule has 1 aromatic heterocycles. The molecule has 0 amide bonds. The number of nitrogens with zero attached hydrogens (tertiary/aromatic N) is 2. The molecular weight excluding hydrogens is 306 g/mol. The van der Waals surface area contributed by atoms with E-state index in [1.165, 1.54) is 0 Å². The zero-order valence-electron chi connectivity index (χ0n) is 13.4. The predicted octanol–water partition coefficient (Wildman–Crippen LogP) is 1.35. The molecule has 7 heteroatoms. The Hall–Kier alpha value is -0.470. The Morgan fingerprint density at radius 3 is 2.62 bits per heavy atom. The second kappa shape index (κ2) is 6.34. The number of likely N-dealkylation sites (N-methyl/N-ethyl adjacent to an activating group) is 1. The van der Waals surface area contributed by atoms with E-state index in [0.29, 0.717) is 30.4 Å². The average molecular weight is 332 g/mol. The van der Waals surface area contributed by atoms with Crippen molar-refractivity contribution in [1.82, 2.24) is 14.5 Å². The van der Waals surface area contributed by atoms with Crippen LogP contribution in [-0.4, -0.2) is 57.9 Å². The van der Waals surface area contributed by atoms with Gasteiger partial charge in [0.25, 0.3) is 0 Å². The SMILES string of the molecule is CNCc1cc(S(=O)(=O)N2CC(C)C(N(C)C)C2)c(C)s1. The van der Waals surface area contributed by atoms with Gasteiger partial charge in [0.15, 0.2) is 0 Å². The monoisotopic (exact) mass is 331 g/mol. The van der Waals surface area contributed by atoms with Crippen LogP contribution in [-0.2, 0) is 16.6 Å². The number of rotatable bonds is 5. The number of hydrogen-bond acceptors (Lipinski definition) is 5. The second-order valence-corrected chi connectivity index (χ2v) is 9.24. The standard InChI is InChI=1S/C14H25N3O2S2/c1-10-8-17(9-13(10)16(4)5)21(18,19)14-6-12(7-15-3)20-11(14)2/h6,10,13,15H,7-9H2,1-5H3. The number of thiophene rings is 1. The zero-order chi connectivity index (χ0) is 15.8. The van der Waals surface area contributed by atoms with Gasteiger partial charge in [0.2, 0.25) is 10.0 Å². The Kier molecular flexibility index (Phi) is 5.10. The van der Waals surface area contributed by atoms with Crippen LogP contribution < -0.4 is 5.32 Å². The molecule has 5 nitrogen and oxygen atoms in total. The highest BCUT2D eigenvalue weighted by Crippen LogP contribution is 2.32. The molecule has 1 aliphatic rings. The van der Waals surface area contributed by atoms with Crippen molar-refractivity contribution in [1.29, 1.82) is 0 Å². The lowest BCUT2D eigenvalue weighted by atomic mass is 10.1. The molecule has 120 valence electrons. The summed E-state index contributed by atoms with van der Waals surface area (Å²) in [6.45, 7) is 5.89. The van der Waals surface area contributed by atoms with Crippen molar-refractivity contribution >= 4 is 21.4 Å². The van der Waals surface area contributed by atoms with Gasteiger partial charge >= 0.3 is 0 Å². The van der Waals surface area contributed by atoms with E-state index in [2.05, 4.69) is 17.1 Å². The van der Waals surface area contributed by atoms with E-state index in [4.69, 9.17) is 0 Å². The number of sulfonamides is 1. The Morgan fingerprint density at radius 2 is 2.10 bits per heavy atom. The van der Waals surface area contributed by atoms with Gasteiger partial charge in [0.1, 0.15) is 0 Å². The van der Waals surface area contributed by atoms with E-state index in [1.54, 1.807) is 15.6 Å². The third-order valence-corrected chi connectivity index (χ3v) is 7.23. The number of hydrogen-bond donors (Lipinski definition) is 1. The molecule has 1 aliphatic heterocycles. The molecule has 0 aliphatic carbocycles. The molecule has 2 heterocycles. The van der Waals surface area contributed by atoms with Gasteiger partial charge in [-0.2, -0.15) is 4.31 Å². The Balaban J connectivity index is 2.27. The van der Waals surface area contributed by atoms with E-state index in [-0.39, 0.29) is 6.04 Å². The quantitative estimate of drug-likeness (QED) is 0.885. The van der Waals surface area contributed by atoms with Gasteiger partial charge < -0.3 is 10.2 Å². The third-order valence-electron chi connectivity index (χ3n) is 4.09. The zero-order valence-corrected chi connectivity index (χ0v) is 15.0. The van der Waals surface area contributed by atoms with E-state index >= 15 is 0 Å². The molecule has 1 fully saturated rings. The summed E-state index contributed by atoms with van der Waals surface area (Å²) in [6, 6.07) is 2.11. The maximum absolute atomic E-state index is 12.9. The molecule has 0 radical (unpaired) electrons. The first kappa shape index (κ1) is 16.9. The van der Waals surface area contributed by atoms with E-state index in [1.807, 2.05) is 34.1 Å². The minimum absolute atomic E-state index is 0.287. The van der Waals surface area contributed by atoms with Crippen LogP contribution in [0.15, 0.2) is 11.0 Å². The molecule has 2 rings (SSSR count). The van der Waals surface area contributed by atoms with E-state index in [0.717, 1.165) is 9.75 Å². The predicted molar refractivity (Wildman–Crippen MR) is 87.2 cm³/mol. The fourth-order valence-electron chi connectivity index (χ4n) is 2.96. The highest BCUT2D eigenvalue weighted by molar-refractivity contribution is 7.89. The van der Waals surface area contributed by atoms with Gasteiger partial charge in [-0.05, 0) is 40.1 Å². The van der Waals surface area contributed by atoms with Crippen LogP contribution in [0, 0.1) is 12.8 Å². The molecule has 1 saturated heterocycles. The van der Waals surface area contributed by atoms with Gasteiger partial charge in [0.05, 0.1) is 4.90 Å². The summed E-state index contributed by atoms with van der Waals surface area (Å²) >= 11 is 1.55. The van der Waals surface area contributed by atoms with Gasteiger partial charge in [-0.3, -0.25) is 0 Å². The van der Waals surface area contributed by atoms with Crippen LogP contribution in [0.3, 0.4) is 0 Å². The van der Waals surface area contributed by atoms with E-state index in [9.17, 15) is 8.42 Å². The summed E-state index contributed by atoms with van der Waals surface area (Å²) in [6.07, 6.45) is 0. The third kappa shape index (κ3) is 3.32. The molecule has 0 aromatic carbocycles. The molecule has 0 bridgehead atoms. The second-order valence-electron chi connectivity index (χ2n) is 5.99. The Bertz CT molecular complexity index is 595. The fraction of sp³-hybridized carbons (Fsp3) is 0.714. The topological polar surface area (TPSA) is 52.7 Å². The highest BCUT2D eigenvalue weighted by atomic mass is 32.2. The first-order valence-corrected chi connectivity index (χ1v) is 9.43. The summed E-state index contributed by atoms with van der Waals surface area (Å²) in [7, 11) is 2.52. The van der Waals surface area contributed by atoms with Crippen molar-refractivity contribution in [2.24, 2.45) is 5.92 Å². The Morgan fingerprint density at radius 1 is 1.43 bits per heavy atom. The lowest BCUT2D eigenvalue weighted by molar-refractivity contribution is 0.263. The minimum atomic E-state index is -3.38. The van der Waals surface area contributed by atoms with Crippen LogP contribution in [0.1, 0.15) is 16.7 Å². The number of nitrogens with one attached hydrogen (secondary N) is 1. The molecule has 2 atom stereocenters. The van der Waals surface area contributed by atoms with Crippen molar-refractivity contribution in [3.63, 3.8) is 0 Å². The summed E-state index contributed by atoms with van der Waals surface area (Å²) in [5.41, 5.74) is 0. The fourth-order valence-corrected chi connectivity index (χ4v) is 6.13. The van der Waals surface area contributed by atoms with Crippen LogP contribution in [0.25, 0.3) is 0 Å². The molecule has 0 saturated carbocycles. The van der Waals surface area contributed by atoms with Crippen LogP contribution in [0.4, 0.5) is 0 Å². The van der Waals surface area contributed by atoms with Crippen molar-refractivity contribution in [2.45, 2.75) is 31.3 Å². The molecular formula is C14H25N3O2S2. The van der Waals surface area contributed by atoms with Crippen LogP contribution >= 0.6 is 11.3 Å². The normalized spacial score (nSPS) is 24.1. The van der Waals surface area contributed by atoms with Crippen molar-refractivity contribution in [3.05, 3.63) is 15.8 Å². The molecule has 2 unspecified atom stereocenters. The number of aryl methyl sites for hydroxylation is 1. The van der Waals surface area contributed by atoms with Gasteiger partial charge in [0, 0.05) is 35.4 Å². The maximum atomic E-state index is 12.9. The van der Waals surface area contributed by atoms with Crippen LogP contribution in [0.2, 0.25) is 0 Å². The van der Waals surface area contributed by atoms with Crippen molar-refractivity contribution in [3.8, 4) is 0 Å². The average Bonchev–Trinajstić information content (AvgIpc) is 2.94.